The predicted octanol–water partition coefficient (Wildman–Crippen LogP) is 0.333. The lowest BCUT2D eigenvalue weighted by Gasteiger charge is -2.23. The normalized spacial score (nSPS) is 21.1. The van der Waals surface area contributed by atoms with Crippen molar-refractivity contribution in [2.45, 2.75) is 12.6 Å². The van der Waals surface area contributed by atoms with Crippen molar-refractivity contribution in [2.24, 2.45) is 5.73 Å². The molecule has 1 unspecified atom stereocenters. The van der Waals surface area contributed by atoms with Gasteiger partial charge in [0, 0.05) is 13.1 Å². The Balaban J connectivity index is 2.11. The maximum Gasteiger partial charge on any atom is 0.246 e. The third-order valence-electron chi connectivity index (χ3n) is 2.46. The molecule has 4 nitrogen and oxygen atoms in total. The molecule has 0 aromatic heterocycles. The molecule has 0 radical (unpaired) electrons. The molecule has 4 heteroatoms. The van der Waals surface area contributed by atoms with E-state index in [1.807, 2.05) is 24.3 Å². The lowest BCUT2D eigenvalue weighted by atomic mass is 10.1. The van der Waals surface area contributed by atoms with Crippen LogP contribution in [0.3, 0.4) is 0 Å². The minimum Gasteiger partial charge on any atom is -0.362 e. The summed E-state index contributed by atoms with van der Waals surface area (Å²) in [5.41, 5.74) is 7.70. The van der Waals surface area contributed by atoms with Gasteiger partial charge in [-0.1, -0.05) is 24.3 Å². The average Bonchev–Trinajstić information content (AvgIpc) is 2.30. The molecule has 15 heavy (non-hydrogen) atoms. The molecule has 1 saturated heterocycles. The highest BCUT2D eigenvalue weighted by Gasteiger charge is 2.19. The molecule has 1 atom stereocenters. The maximum absolute atomic E-state index is 10.9. The zero-order valence-electron chi connectivity index (χ0n) is 8.40. The average molecular weight is 206 g/mol. The second-order valence-corrected chi connectivity index (χ2v) is 3.55. The van der Waals surface area contributed by atoms with E-state index in [2.05, 4.69) is 5.32 Å². The number of benzene rings is 1. The number of ether oxygens (including phenoxy) is 1. The van der Waals surface area contributed by atoms with E-state index in [1.165, 1.54) is 0 Å². The van der Waals surface area contributed by atoms with Crippen LogP contribution < -0.4 is 11.1 Å². The first-order valence-electron chi connectivity index (χ1n) is 4.97. The van der Waals surface area contributed by atoms with E-state index in [-0.39, 0.29) is 18.6 Å². The Morgan fingerprint density at radius 2 is 2.40 bits per heavy atom. The summed E-state index contributed by atoms with van der Waals surface area (Å²) >= 11 is 0. The third-order valence-corrected chi connectivity index (χ3v) is 2.46. The maximum atomic E-state index is 10.9. The van der Waals surface area contributed by atoms with Crippen molar-refractivity contribution in [1.29, 1.82) is 0 Å². The lowest BCUT2D eigenvalue weighted by molar-refractivity contribution is -0.133. The molecule has 0 saturated carbocycles. The molecule has 1 heterocycles. The fraction of sp³-hybridized carbons (Fsp3) is 0.364. The van der Waals surface area contributed by atoms with Gasteiger partial charge in [0.25, 0.3) is 0 Å². The highest BCUT2D eigenvalue weighted by Crippen LogP contribution is 2.19. The Labute approximate surface area is 88.4 Å². The van der Waals surface area contributed by atoms with Crippen molar-refractivity contribution in [2.75, 3.05) is 13.2 Å². The van der Waals surface area contributed by atoms with Gasteiger partial charge in [0.2, 0.25) is 5.91 Å². The van der Waals surface area contributed by atoms with Crippen LogP contribution in [0.5, 0.6) is 0 Å². The topological polar surface area (TPSA) is 64.3 Å². The Morgan fingerprint density at radius 3 is 3.07 bits per heavy atom. The number of morpholine rings is 1. The van der Waals surface area contributed by atoms with Crippen LogP contribution in [0.4, 0.5) is 0 Å². The van der Waals surface area contributed by atoms with Gasteiger partial charge in [-0.05, 0) is 11.1 Å². The SMILES string of the molecule is NCc1cccc(C2CNC(=O)CO2)c1. The first-order chi connectivity index (χ1) is 7.29. The number of hydrogen-bond acceptors (Lipinski definition) is 3. The summed E-state index contributed by atoms with van der Waals surface area (Å²) in [5, 5.41) is 2.77. The second-order valence-electron chi connectivity index (χ2n) is 3.55. The fourth-order valence-corrected chi connectivity index (χ4v) is 1.63. The van der Waals surface area contributed by atoms with Crippen molar-refractivity contribution in [3.8, 4) is 0 Å². The highest BCUT2D eigenvalue weighted by molar-refractivity contribution is 5.77. The first-order valence-corrected chi connectivity index (χ1v) is 4.97. The van der Waals surface area contributed by atoms with Gasteiger partial charge in [0.1, 0.15) is 12.7 Å². The molecule has 1 aromatic rings. The van der Waals surface area contributed by atoms with Crippen LogP contribution in [0.1, 0.15) is 17.2 Å². The van der Waals surface area contributed by atoms with Crippen molar-refractivity contribution in [3.05, 3.63) is 35.4 Å². The summed E-state index contributed by atoms with van der Waals surface area (Å²) in [5.74, 6) is -0.0544. The zero-order valence-corrected chi connectivity index (χ0v) is 8.40. The Bertz CT molecular complexity index is 355. The molecular formula is C11H14N2O2. The Kier molecular flexibility index (Phi) is 2.99. The van der Waals surface area contributed by atoms with Crippen molar-refractivity contribution >= 4 is 5.91 Å². The summed E-state index contributed by atoms with van der Waals surface area (Å²) in [6, 6.07) is 7.94. The van der Waals surface area contributed by atoms with E-state index < -0.39 is 0 Å². The van der Waals surface area contributed by atoms with Crippen LogP contribution >= 0.6 is 0 Å². The molecule has 3 N–H and O–H groups in total. The van der Waals surface area contributed by atoms with Gasteiger partial charge >= 0.3 is 0 Å². The molecule has 0 bridgehead atoms. The quantitative estimate of drug-likeness (QED) is 0.733. The van der Waals surface area contributed by atoms with E-state index >= 15 is 0 Å². The zero-order chi connectivity index (χ0) is 10.7. The number of carbonyl (C=O) groups excluding carboxylic acids is 1. The van der Waals surface area contributed by atoms with Crippen LogP contribution in [0.25, 0.3) is 0 Å². The molecule has 2 rings (SSSR count). The number of nitrogens with two attached hydrogens (primary N) is 1. The number of nitrogens with one attached hydrogen (secondary N) is 1. The monoisotopic (exact) mass is 206 g/mol. The summed E-state index contributed by atoms with van der Waals surface area (Å²) in [6.07, 6.45) is -0.0470. The van der Waals surface area contributed by atoms with Gasteiger partial charge in [-0.2, -0.15) is 0 Å². The molecule has 80 valence electrons. The second kappa shape index (κ2) is 4.42. The van der Waals surface area contributed by atoms with Crippen LogP contribution in [-0.4, -0.2) is 19.1 Å². The van der Waals surface area contributed by atoms with Gasteiger partial charge in [0.05, 0.1) is 0 Å². The largest absolute Gasteiger partial charge is 0.362 e. The number of carbonyl (C=O) groups is 1. The number of hydrogen-bond donors (Lipinski definition) is 2. The predicted molar refractivity (Wildman–Crippen MR) is 56.0 cm³/mol. The molecule has 0 aliphatic carbocycles. The molecular weight excluding hydrogens is 192 g/mol. The van der Waals surface area contributed by atoms with Gasteiger partial charge in [-0.3, -0.25) is 4.79 Å². The smallest absolute Gasteiger partial charge is 0.246 e. The fourth-order valence-electron chi connectivity index (χ4n) is 1.63. The van der Waals surface area contributed by atoms with Gasteiger partial charge < -0.3 is 15.8 Å². The summed E-state index contributed by atoms with van der Waals surface area (Å²) < 4.78 is 5.42. The van der Waals surface area contributed by atoms with Crippen LogP contribution in [0.15, 0.2) is 24.3 Å². The van der Waals surface area contributed by atoms with Gasteiger partial charge in [-0.25, -0.2) is 0 Å². The van der Waals surface area contributed by atoms with E-state index in [1.54, 1.807) is 0 Å². The molecule has 1 aromatic carbocycles. The van der Waals surface area contributed by atoms with Crippen molar-refractivity contribution in [3.63, 3.8) is 0 Å². The van der Waals surface area contributed by atoms with E-state index in [0.29, 0.717) is 13.1 Å². The van der Waals surface area contributed by atoms with Crippen LogP contribution in [-0.2, 0) is 16.1 Å². The first kappa shape index (κ1) is 10.1. The number of rotatable bonds is 2. The van der Waals surface area contributed by atoms with Crippen molar-refractivity contribution in [1.82, 2.24) is 5.32 Å². The van der Waals surface area contributed by atoms with Crippen LogP contribution in [0.2, 0.25) is 0 Å². The van der Waals surface area contributed by atoms with E-state index in [9.17, 15) is 4.79 Å². The Morgan fingerprint density at radius 1 is 1.53 bits per heavy atom. The molecule has 1 aliphatic rings. The third kappa shape index (κ3) is 2.34. The highest BCUT2D eigenvalue weighted by atomic mass is 16.5. The molecule has 1 amide bonds. The molecule has 1 fully saturated rings. The minimum absolute atomic E-state index is 0.0470. The molecule has 1 aliphatic heterocycles. The summed E-state index contributed by atoms with van der Waals surface area (Å²) in [7, 11) is 0. The Hall–Kier alpha value is -1.39. The van der Waals surface area contributed by atoms with E-state index in [0.717, 1.165) is 11.1 Å². The van der Waals surface area contributed by atoms with Gasteiger partial charge in [-0.15, -0.1) is 0 Å². The van der Waals surface area contributed by atoms with Crippen molar-refractivity contribution < 1.29 is 9.53 Å². The minimum atomic E-state index is -0.0544. The summed E-state index contributed by atoms with van der Waals surface area (Å²) in [6.45, 7) is 1.19. The molecule has 0 spiro atoms. The number of amides is 1. The van der Waals surface area contributed by atoms with E-state index in [4.69, 9.17) is 10.5 Å². The van der Waals surface area contributed by atoms with Gasteiger partial charge in [0.15, 0.2) is 0 Å². The summed E-state index contributed by atoms with van der Waals surface area (Å²) in [4.78, 5) is 10.9. The standard InChI is InChI=1S/C11H14N2O2/c12-5-8-2-1-3-9(4-8)10-6-13-11(14)7-15-10/h1-4,10H,5-7,12H2,(H,13,14). The lowest BCUT2D eigenvalue weighted by Crippen LogP contribution is -2.38. The van der Waals surface area contributed by atoms with Crippen LogP contribution in [0, 0.1) is 0 Å².